The topological polar surface area (TPSA) is 127 Å². The van der Waals surface area contributed by atoms with Gasteiger partial charge >= 0.3 is 11.9 Å². The Hall–Kier alpha value is -2.11. The molecule has 0 aromatic carbocycles. The summed E-state index contributed by atoms with van der Waals surface area (Å²) in [6.07, 6.45) is 5.54. The van der Waals surface area contributed by atoms with Crippen LogP contribution < -0.4 is 0 Å². The van der Waals surface area contributed by atoms with Crippen LogP contribution in [0.1, 0.15) is 86.5 Å². The molecule has 4 aliphatic carbocycles. The minimum absolute atomic E-state index is 0.104. The van der Waals surface area contributed by atoms with E-state index in [0.29, 0.717) is 24.7 Å². The Balaban J connectivity index is 1.15. The summed E-state index contributed by atoms with van der Waals surface area (Å²) in [6, 6.07) is 0. The molecule has 0 radical (unpaired) electrons. The zero-order chi connectivity index (χ0) is 30.9. The van der Waals surface area contributed by atoms with E-state index in [-0.39, 0.29) is 29.1 Å². The second-order valence-corrected chi connectivity index (χ2v) is 14.1. The summed E-state index contributed by atoms with van der Waals surface area (Å²) in [5, 5.41) is 11.7. The van der Waals surface area contributed by atoms with Gasteiger partial charge in [0.25, 0.3) is 5.97 Å². The summed E-state index contributed by atoms with van der Waals surface area (Å²) in [4.78, 5) is 35.8. The van der Waals surface area contributed by atoms with Crippen molar-refractivity contribution >= 4 is 17.7 Å². The molecule has 10 nitrogen and oxygen atoms in total. The number of carbonyl (C=O) groups excluding carboxylic acids is 3. The summed E-state index contributed by atoms with van der Waals surface area (Å²) in [5.74, 6) is -1.22. The molecule has 0 bridgehead atoms. The molecule has 10 heteroatoms. The maximum absolute atomic E-state index is 12.2. The Morgan fingerprint density at radius 3 is 2.47 bits per heavy atom. The fourth-order valence-corrected chi connectivity index (χ4v) is 9.59. The van der Waals surface area contributed by atoms with E-state index >= 15 is 0 Å². The molecule has 3 saturated carbocycles. The van der Waals surface area contributed by atoms with Crippen LogP contribution in [0.5, 0.6) is 0 Å². The number of carbonyl (C=O) groups is 3. The van der Waals surface area contributed by atoms with Crippen LogP contribution in [0.25, 0.3) is 0 Å². The van der Waals surface area contributed by atoms with Crippen LogP contribution in [0.4, 0.5) is 0 Å². The van der Waals surface area contributed by atoms with Crippen molar-refractivity contribution in [1.82, 2.24) is 0 Å². The van der Waals surface area contributed by atoms with Gasteiger partial charge in [-0.1, -0.05) is 31.1 Å². The molecule has 0 aromatic heterocycles. The van der Waals surface area contributed by atoms with Gasteiger partial charge in [0.05, 0.1) is 18.8 Å². The van der Waals surface area contributed by atoms with Crippen molar-refractivity contribution in [3.05, 3.63) is 23.3 Å². The van der Waals surface area contributed by atoms with Crippen molar-refractivity contribution in [2.75, 3.05) is 6.61 Å². The average Bonchev–Trinajstić information content (AvgIpc) is 3.41. The SMILES string of the molecule is CC(=O)O[C@@H]1[C@@H](OC(C)=O)[C@H](C)O[C@H]2OC(C)(OC/C=C3\CC[C@H]4[C@@H]5CCC6=CC(=O)CC[C@]6(C)[C@H]5[C@@H](O)C[C@]34C)O[C@@H]21. The van der Waals surface area contributed by atoms with Gasteiger partial charge in [0.2, 0.25) is 0 Å². The third-order valence-corrected chi connectivity index (χ3v) is 11.4. The fraction of sp³-hybridized carbons (Fsp3) is 0.788. The van der Waals surface area contributed by atoms with Crippen molar-refractivity contribution in [3.63, 3.8) is 0 Å². The summed E-state index contributed by atoms with van der Waals surface area (Å²) in [7, 11) is 0. The van der Waals surface area contributed by atoms with Gasteiger partial charge in [-0.3, -0.25) is 19.1 Å². The largest absolute Gasteiger partial charge is 0.456 e. The van der Waals surface area contributed by atoms with Crippen LogP contribution in [0.2, 0.25) is 0 Å². The second-order valence-electron chi connectivity index (χ2n) is 14.1. The third-order valence-electron chi connectivity index (χ3n) is 11.4. The fourth-order valence-electron chi connectivity index (χ4n) is 9.59. The molecule has 0 spiro atoms. The quantitative estimate of drug-likeness (QED) is 0.363. The van der Waals surface area contributed by atoms with E-state index in [1.54, 1.807) is 13.8 Å². The van der Waals surface area contributed by atoms with E-state index in [2.05, 4.69) is 19.9 Å². The van der Waals surface area contributed by atoms with Gasteiger partial charge in [-0.2, -0.15) is 0 Å². The highest BCUT2D eigenvalue weighted by molar-refractivity contribution is 5.91. The van der Waals surface area contributed by atoms with Gasteiger partial charge in [-0.25, -0.2) is 0 Å². The molecule has 6 rings (SSSR count). The van der Waals surface area contributed by atoms with Crippen molar-refractivity contribution in [1.29, 1.82) is 0 Å². The number of ether oxygens (including phenoxy) is 6. The van der Waals surface area contributed by atoms with Crippen LogP contribution in [0, 0.1) is 28.6 Å². The Morgan fingerprint density at radius 2 is 1.74 bits per heavy atom. The molecule has 12 atom stereocenters. The maximum atomic E-state index is 12.2. The Bertz CT molecular complexity index is 1230. The lowest BCUT2D eigenvalue weighted by Crippen LogP contribution is -2.58. The second kappa shape index (κ2) is 11.1. The minimum Gasteiger partial charge on any atom is -0.456 e. The lowest BCUT2D eigenvalue weighted by Gasteiger charge is -2.59. The van der Waals surface area contributed by atoms with Crippen LogP contribution in [-0.2, 0) is 42.8 Å². The number of rotatable bonds is 5. The number of allylic oxidation sites excluding steroid dienone is 2. The first-order valence-corrected chi connectivity index (χ1v) is 15.8. The first-order chi connectivity index (χ1) is 20.2. The van der Waals surface area contributed by atoms with E-state index in [0.717, 1.165) is 32.1 Å². The summed E-state index contributed by atoms with van der Waals surface area (Å²) in [5.41, 5.74) is 2.30. The van der Waals surface area contributed by atoms with Gasteiger partial charge in [-0.05, 0) is 80.1 Å². The average molecular weight is 603 g/mol. The molecule has 2 aliphatic heterocycles. The van der Waals surface area contributed by atoms with Crippen molar-refractivity contribution in [2.24, 2.45) is 28.6 Å². The smallest absolute Gasteiger partial charge is 0.303 e. The number of hydrogen-bond acceptors (Lipinski definition) is 10. The summed E-state index contributed by atoms with van der Waals surface area (Å²) in [6.45, 7) is 10.8. The monoisotopic (exact) mass is 602 g/mol. The molecule has 1 N–H and O–H groups in total. The zero-order valence-corrected chi connectivity index (χ0v) is 26.1. The molecular weight excluding hydrogens is 556 g/mol. The van der Waals surface area contributed by atoms with E-state index in [9.17, 15) is 19.5 Å². The Labute approximate surface area is 253 Å². The number of esters is 2. The highest BCUT2D eigenvalue weighted by Gasteiger charge is 2.61. The number of ketones is 1. The minimum atomic E-state index is -1.47. The molecule has 5 fully saturated rings. The van der Waals surface area contributed by atoms with Crippen molar-refractivity contribution in [2.45, 2.75) is 129 Å². The standard InChI is InChI=1S/C33H46O10/c1-17-27(40-18(2)34)28(41-19(3)35)29-30(39-17)43-33(6,42-29)38-14-12-20-8-10-24-23-9-7-21-15-22(36)11-13-31(21,4)26(23)25(37)16-32(20,24)5/h12,15,17,23-30,37H,7-11,13-14,16H2,1-6H3/b20-12+/t17-,23-,24-,25-,26+,27-,28+,29+,30-,31-,32+,33?/m0/s1. The molecule has 1 unspecified atom stereocenters. The summed E-state index contributed by atoms with van der Waals surface area (Å²) < 4.78 is 35.2. The molecule has 2 saturated heterocycles. The van der Waals surface area contributed by atoms with Gasteiger partial charge in [-0.15, -0.1) is 0 Å². The highest BCUT2D eigenvalue weighted by Crippen LogP contribution is 2.66. The molecule has 0 aromatic rings. The first-order valence-electron chi connectivity index (χ1n) is 15.8. The molecule has 238 valence electrons. The van der Waals surface area contributed by atoms with Crippen LogP contribution >= 0.6 is 0 Å². The Morgan fingerprint density at radius 1 is 1.02 bits per heavy atom. The third kappa shape index (κ3) is 5.31. The van der Waals surface area contributed by atoms with Crippen LogP contribution in [-0.4, -0.2) is 72.2 Å². The number of fused-ring (bicyclic) bond motifs is 6. The Kier molecular flexibility index (Phi) is 7.94. The number of aliphatic hydroxyl groups is 1. The van der Waals surface area contributed by atoms with E-state index in [1.807, 2.05) is 6.08 Å². The van der Waals surface area contributed by atoms with E-state index in [4.69, 9.17) is 28.4 Å². The molecule has 43 heavy (non-hydrogen) atoms. The number of aliphatic hydroxyl groups excluding tert-OH is 1. The zero-order valence-electron chi connectivity index (χ0n) is 26.1. The van der Waals surface area contributed by atoms with Crippen molar-refractivity contribution < 1.29 is 47.9 Å². The maximum Gasteiger partial charge on any atom is 0.303 e. The number of hydrogen-bond donors (Lipinski definition) is 1. The highest BCUT2D eigenvalue weighted by atomic mass is 16.9. The summed E-state index contributed by atoms with van der Waals surface area (Å²) >= 11 is 0. The van der Waals surface area contributed by atoms with Gasteiger partial charge < -0.3 is 28.8 Å². The van der Waals surface area contributed by atoms with Gasteiger partial charge in [0, 0.05) is 27.2 Å². The molecular formula is C33H46O10. The lowest BCUT2D eigenvalue weighted by molar-refractivity contribution is -0.339. The van der Waals surface area contributed by atoms with Gasteiger partial charge in [0.15, 0.2) is 30.4 Å². The van der Waals surface area contributed by atoms with Gasteiger partial charge in [0.1, 0.15) is 0 Å². The van der Waals surface area contributed by atoms with Crippen LogP contribution in [0.3, 0.4) is 0 Å². The van der Waals surface area contributed by atoms with E-state index < -0.39 is 54.7 Å². The van der Waals surface area contributed by atoms with Crippen LogP contribution in [0.15, 0.2) is 23.3 Å². The van der Waals surface area contributed by atoms with Crippen molar-refractivity contribution in [3.8, 4) is 0 Å². The lowest BCUT2D eigenvalue weighted by atomic mass is 9.46. The molecule has 6 aliphatic rings. The first kappa shape index (κ1) is 30.9. The predicted molar refractivity (Wildman–Crippen MR) is 152 cm³/mol. The predicted octanol–water partition coefficient (Wildman–Crippen LogP) is 4.13. The van der Waals surface area contributed by atoms with E-state index in [1.165, 1.54) is 25.0 Å². The normalized spacial score (nSPS) is 48.1. The molecule has 0 amide bonds. The molecule has 2 heterocycles.